The molecule has 1 saturated heterocycles. The van der Waals surface area contributed by atoms with Gasteiger partial charge in [-0.3, -0.25) is 4.90 Å². The molecule has 1 aromatic heterocycles. The lowest BCUT2D eigenvalue weighted by molar-refractivity contribution is 0.0527. The number of likely N-dealkylation sites (N-methyl/N-ethyl adjacent to an activating group) is 1. The van der Waals surface area contributed by atoms with Crippen molar-refractivity contribution in [2.75, 3.05) is 39.8 Å². The number of hydrogen-bond acceptors (Lipinski definition) is 6. The van der Waals surface area contributed by atoms with Crippen LogP contribution >= 0.6 is 27.7 Å². The lowest BCUT2D eigenvalue weighted by Gasteiger charge is -2.32. The van der Waals surface area contributed by atoms with Gasteiger partial charge in [-0.1, -0.05) is 0 Å². The van der Waals surface area contributed by atoms with Crippen LogP contribution in [0.1, 0.15) is 47.4 Å². The third kappa shape index (κ3) is 5.16. The third-order valence-electron chi connectivity index (χ3n) is 6.98. The number of aromatic hydroxyl groups is 1. The number of hydrogen-bond donors (Lipinski definition) is 1. The molecule has 0 bridgehead atoms. The van der Waals surface area contributed by atoms with Gasteiger partial charge in [0.2, 0.25) is 0 Å². The Bertz CT molecular complexity index is 1270. The number of piperazine rings is 1. The highest BCUT2D eigenvalue weighted by atomic mass is 79.9. The quantitative estimate of drug-likeness (QED) is 0.270. The number of phenols is 1. The fourth-order valence-corrected chi connectivity index (χ4v) is 6.31. The molecule has 2 aliphatic rings. The van der Waals surface area contributed by atoms with Crippen LogP contribution in [-0.2, 0) is 17.0 Å². The molecule has 2 fully saturated rings. The molecule has 0 atom stereocenters. The van der Waals surface area contributed by atoms with Crippen LogP contribution < -0.4 is 0 Å². The minimum Gasteiger partial charge on any atom is -0.506 e. The Labute approximate surface area is 223 Å². The summed E-state index contributed by atoms with van der Waals surface area (Å²) in [6.45, 7) is 6.36. The average molecular weight is 577 g/mol. The molecule has 192 valence electrons. The molecule has 0 spiro atoms. The summed E-state index contributed by atoms with van der Waals surface area (Å²) in [6, 6.07) is 8.67. The Morgan fingerprint density at radius 2 is 1.89 bits per heavy atom. The van der Waals surface area contributed by atoms with Crippen molar-refractivity contribution in [3.05, 3.63) is 57.4 Å². The number of rotatable bonds is 8. The standard InChI is InChI=1S/C27H31BrFN3O3S/c1-3-35-27(34)25-23(16-36-19-8-4-17(29)5-9-19)32(18-6-7-18)22-14-21(28)26(33)20(24(22)25)15-31-12-10-30(2)11-13-31/h4-5,8-9,14,18,33H,3,6-7,10-13,15-16H2,1-2H3. The molecular weight excluding hydrogens is 545 g/mol. The van der Waals surface area contributed by atoms with Crippen molar-refractivity contribution >= 4 is 44.6 Å². The second-order valence-corrected chi connectivity index (χ2v) is 11.4. The first-order chi connectivity index (χ1) is 17.4. The fourth-order valence-electron chi connectivity index (χ4n) is 4.94. The van der Waals surface area contributed by atoms with Gasteiger partial charge in [0, 0.05) is 66.1 Å². The van der Waals surface area contributed by atoms with E-state index in [4.69, 9.17) is 4.74 Å². The molecule has 1 aliphatic carbocycles. The summed E-state index contributed by atoms with van der Waals surface area (Å²) in [6.07, 6.45) is 2.10. The number of benzene rings is 2. The van der Waals surface area contributed by atoms with E-state index in [-0.39, 0.29) is 24.1 Å². The van der Waals surface area contributed by atoms with Crippen LogP contribution in [0, 0.1) is 5.82 Å². The number of thioether (sulfide) groups is 1. The number of fused-ring (bicyclic) bond motifs is 1. The van der Waals surface area contributed by atoms with E-state index in [1.54, 1.807) is 23.9 Å². The Balaban J connectivity index is 1.65. The Morgan fingerprint density at radius 1 is 1.19 bits per heavy atom. The van der Waals surface area contributed by atoms with Gasteiger partial charge >= 0.3 is 5.97 Å². The van der Waals surface area contributed by atoms with E-state index in [1.165, 1.54) is 12.1 Å². The van der Waals surface area contributed by atoms with Gasteiger partial charge in [0.25, 0.3) is 0 Å². The molecule has 9 heteroatoms. The summed E-state index contributed by atoms with van der Waals surface area (Å²) in [4.78, 5) is 19.0. The van der Waals surface area contributed by atoms with Gasteiger partial charge in [-0.05, 0) is 73.1 Å². The van der Waals surface area contributed by atoms with Crippen molar-refractivity contribution in [2.24, 2.45) is 0 Å². The first kappa shape index (κ1) is 25.6. The molecule has 1 N–H and O–H groups in total. The first-order valence-electron chi connectivity index (χ1n) is 12.4. The molecule has 3 aromatic rings. The van der Waals surface area contributed by atoms with Crippen molar-refractivity contribution < 1.29 is 19.0 Å². The number of aromatic nitrogens is 1. The van der Waals surface area contributed by atoms with Gasteiger partial charge in [-0.15, -0.1) is 11.8 Å². The highest BCUT2D eigenvalue weighted by Gasteiger charge is 2.35. The molecule has 0 amide bonds. The predicted molar refractivity (Wildman–Crippen MR) is 144 cm³/mol. The van der Waals surface area contributed by atoms with Crippen molar-refractivity contribution in [3.63, 3.8) is 0 Å². The third-order valence-corrected chi connectivity index (χ3v) is 8.61. The number of carbonyl (C=O) groups excluding carboxylic acids is 1. The number of nitrogens with zero attached hydrogens (tertiary/aromatic N) is 3. The van der Waals surface area contributed by atoms with Gasteiger partial charge in [-0.2, -0.15) is 0 Å². The van der Waals surface area contributed by atoms with E-state index < -0.39 is 0 Å². The second kappa shape index (κ2) is 10.7. The lowest BCUT2D eigenvalue weighted by Crippen LogP contribution is -2.43. The summed E-state index contributed by atoms with van der Waals surface area (Å²) in [7, 11) is 2.12. The molecular formula is C27H31BrFN3O3S. The summed E-state index contributed by atoms with van der Waals surface area (Å²) >= 11 is 5.15. The van der Waals surface area contributed by atoms with Crippen molar-refractivity contribution in [2.45, 2.75) is 43.0 Å². The summed E-state index contributed by atoms with van der Waals surface area (Å²) in [5.41, 5.74) is 3.15. The predicted octanol–water partition coefficient (Wildman–Crippen LogP) is 5.80. The molecule has 0 radical (unpaired) electrons. The maximum absolute atomic E-state index is 13.5. The van der Waals surface area contributed by atoms with Gasteiger partial charge < -0.3 is 19.3 Å². The normalized spacial score (nSPS) is 17.1. The SMILES string of the molecule is CCOC(=O)c1c(CSc2ccc(F)cc2)n(C2CC2)c2cc(Br)c(O)c(CN3CCN(C)CC3)c12. The number of ether oxygens (including phenoxy) is 1. The minimum absolute atomic E-state index is 0.178. The molecule has 1 aliphatic heterocycles. The van der Waals surface area contributed by atoms with Crippen LogP contribution in [0.2, 0.25) is 0 Å². The molecule has 36 heavy (non-hydrogen) atoms. The topological polar surface area (TPSA) is 57.9 Å². The maximum atomic E-state index is 13.5. The van der Waals surface area contributed by atoms with E-state index in [9.17, 15) is 14.3 Å². The van der Waals surface area contributed by atoms with E-state index in [0.717, 1.165) is 66.1 Å². The molecule has 2 heterocycles. The average Bonchev–Trinajstić information content (AvgIpc) is 3.65. The number of carbonyl (C=O) groups is 1. The van der Waals surface area contributed by atoms with Crippen LogP contribution in [0.5, 0.6) is 5.75 Å². The number of phenolic OH excluding ortho intramolecular Hbond substituents is 1. The second-order valence-electron chi connectivity index (χ2n) is 9.55. The van der Waals surface area contributed by atoms with Gasteiger partial charge in [0.15, 0.2) is 0 Å². The molecule has 0 unspecified atom stereocenters. The van der Waals surface area contributed by atoms with Crippen molar-refractivity contribution in [1.29, 1.82) is 0 Å². The van der Waals surface area contributed by atoms with Crippen molar-refractivity contribution in [3.8, 4) is 5.75 Å². The van der Waals surface area contributed by atoms with Gasteiger partial charge in [0.1, 0.15) is 11.6 Å². The minimum atomic E-state index is -0.363. The number of halogens is 2. The zero-order chi connectivity index (χ0) is 25.4. The highest BCUT2D eigenvalue weighted by molar-refractivity contribution is 9.10. The highest BCUT2D eigenvalue weighted by Crippen LogP contribution is 2.47. The van der Waals surface area contributed by atoms with Crippen LogP contribution in [0.4, 0.5) is 4.39 Å². The van der Waals surface area contributed by atoms with Crippen molar-refractivity contribution in [1.82, 2.24) is 14.4 Å². The Morgan fingerprint density at radius 3 is 2.53 bits per heavy atom. The van der Waals surface area contributed by atoms with E-state index in [2.05, 4.69) is 37.3 Å². The van der Waals surface area contributed by atoms with E-state index in [1.807, 2.05) is 13.0 Å². The van der Waals surface area contributed by atoms with E-state index >= 15 is 0 Å². The zero-order valence-electron chi connectivity index (χ0n) is 20.6. The first-order valence-corrected chi connectivity index (χ1v) is 14.2. The monoisotopic (exact) mass is 575 g/mol. The summed E-state index contributed by atoms with van der Waals surface area (Å²) in [5.74, 6) is 0.0836. The lowest BCUT2D eigenvalue weighted by atomic mass is 10.0. The summed E-state index contributed by atoms with van der Waals surface area (Å²) in [5, 5.41) is 12.0. The molecule has 2 aromatic carbocycles. The Kier molecular flexibility index (Phi) is 7.62. The molecule has 1 saturated carbocycles. The smallest absolute Gasteiger partial charge is 0.340 e. The van der Waals surface area contributed by atoms with E-state index in [0.29, 0.717) is 28.4 Å². The van der Waals surface area contributed by atoms with Crippen LogP contribution in [0.15, 0.2) is 39.7 Å². The fraction of sp³-hybridized carbons (Fsp3) is 0.444. The van der Waals surface area contributed by atoms with Crippen LogP contribution in [0.25, 0.3) is 10.9 Å². The van der Waals surface area contributed by atoms with Crippen LogP contribution in [-0.4, -0.2) is 65.3 Å². The molecule has 6 nitrogen and oxygen atoms in total. The summed E-state index contributed by atoms with van der Waals surface area (Å²) < 4.78 is 21.9. The van der Waals surface area contributed by atoms with Gasteiger partial charge in [0.05, 0.1) is 22.2 Å². The largest absolute Gasteiger partial charge is 0.506 e. The van der Waals surface area contributed by atoms with Crippen LogP contribution in [0.3, 0.4) is 0 Å². The maximum Gasteiger partial charge on any atom is 0.340 e. The zero-order valence-corrected chi connectivity index (χ0v) is 23.0. The molecule has 5 rings (SSSR count). The number of esters is 1. The van der Waals surface area contributed by atoms with Gasteiger partial charge in [-0.25, -0.2) is 9.18 Å². The Hall–Kier alpha value is -2.07.